The summed E-state index contributed by atoms with van der Waals surface area (Å²) in [6.07, 6.45) is 3.80. The van der Waals surface area contributed by atoms with E-state index in [1.165, 1.54) is 0 Å². The first-order valence-corrected chi connectivity index (χ1v) is 10.4. The highest BCUT2D eigenvalue weighted by Gasteiger charge is 2.28. The largest absolute Gasteiger partial charge is 0.382 e. The zero-order valence-electron chi connectivity index (χ0n) is 17.6. The second-order valence-electron chi connectivity index (χ2n) is 7.73. The maximum atomic E-state index is 13.2. The fourth-order valence-corrected chi connectivity index (χ4v) is 4.05. The summed E-state index contributed by atoms with van der Waals surface area (Å²) in [5, 5.41) is 1.05. The van der Waals surface area contributed by atoms with Crippen LogP contribution >= 0.6 is 0 Å². The van der Waals surface area contributed by atoms with Crippen LogP contribution in [0.5, 0.6) is 0 Å². The summed E-state index contributed by atoms with van der Waals surface area (Å²) in [4.78, 5) is 27.4. The second kappa shape index (κ2) is 9.36. The first-order chi connectivity index (χ1) is 14.7. The quantitative estimate of drug-likeness (QED) is 0.606. The molecule has 1 unspecified atom stereocenters. The molecule has 0 saturated carbocycles. The number of aromatic amines is 1. The minimum absolute atomic E-state index is 0.0413. The van der Waals surface area contributed by atoms with Gasteiger partial charge in [-0.1, -0.05) is 18.2 Å². The first kappa shape index (κ1) is 20.5. The third-order valence-corrected chi connectivity index (χ3v) is 5.56. The smallest absolute Gasteiger partial charge is 0.270 e. The number of carbonyl (C=O) groups excluding carboxylic acids is 1. The van der Waals surface area contributed by atoms with E-state index in [0.29, 0.717) is 32.1 Å². The number of ether oxygens (including phenoxy) is 2. The fourth-order valence-electron chi connectivity index (χ4n) is 4.05. The molecule has 30 heavy (non-hydrogen) atoms. The van der Waals surface area contributed by atoms with Gasteiger partial charge in [-0.05, 0) is 31.9 Å². The van der Waals surface area contributed by atoms with Crippen LogP contribution in [0.3, 0.4) is 0 Å². The molecule has 7 nitrogen and oxygen atoms in total. The Morgan fingerprint density at radius 1 is 1.30 bits per heavy atom. The van der Waals surface area contributed by atoms with E-state index in [1.54, 1.807) is 7.11 Å². The van der Waals surface area contributed by atoms with E-state index in [4.69, 9.17) is 14.5 Å². The number of para-hydroxylation sites is 1. The van der Waals surface area contributed by atoms with Crippen molar-refractivity contribution in [3.05, 3.63) is 59.3 Å². The van der Waals surface area contributed by atoms with Crippen molar-refractivity contribution >= 4 is 16.8 Å². The van der Waals surface area contributed by atoms with Crippen LogP contribution in [-0.2, 0) is 16.1 Å². The Labute approximate surface area is 176 Å². The van der Waals surface area contributed by atoms with Crippen molar-refractivity contribution in [3.63, 3.8) is 0 Å². The number of nitrogens with zero attached hydrogens (tertiary/aromatic N) is 3. The number of H-pyrrole nitrogens is 1. The average molecular weight is 409 g/mol. The molecule has 3 aromatic rings. The Bertz CT molecular complexity index is 984. The zero-order chi connectivity index (χ0) is 20.9. The van der Waals surface area contributed by atoms with Crippen molar-refractivity contribution < 1.29 is 14.3 Å². The van der Waals surface area contributed by atoms with E-state index >= 15 is 0 Å². The van der Waals surface area contributed by atoms with Gasteiger partial charge >= 0.3 is 0 Å². The van der Waals surface area contributed by atoms with Gasteiger partial charge in [0.05, 0.1) is 25.5 Å². The number of carbonyl (C=O) groups is 1. The molecule has 1 amide bonds. The predicted octanol–water partition coefficient (Wildman–Crippen LogP) is 3.45. The Balaban J connectivity index is 1.50. The van der Waals surface area contributed by atoms with E-state index in [-0.39, 0.29) is 11.8 Å². The van der Waals surface area contributed by atoms with Crippen molar-refractivity contribution in [3.8, 4) is 0 Å². The Hall–Kier alpha value is -2.77. The number of piperidine rings is 1. The van der Waals surface area contributed by atoms with Crippen molar-refractivity contribution in [1.82, 2.24) is 19.9 Å². The number of hydrogen-bond donors (Lipinski definition) is 1. The number of methoxy groups -OCH3 is 1. The standard InChI is InChI=1S/C23H28N4O3/c1-16-24-13-19(15-30-11-10-29-2)22(25-16)18-7-5-9-27(14-18)23(28)21-12-17-6-3-4-8-20(17)26-21/h3-4,6,8,12-13,18,26H,5,7,9-11,14-15H2,1-2H3. The first-order valence-electron chi connectivity index (χ1n) is 10.4. The maximum Gasteiger partial charge on any atom is 0.270 e. The number of aryl methyl sites for hydroxylation is 1. The van der Waals surface area contributed by atoms with Gasteiger partial charge in [0.1, 0.15) is 11.5 Å². The molecule has 0 aliphatic carbocycles. The van der Waals surface area contributed by atoms with Crippen molar-refractivity contribution in [1.29, 1.82) is 0 Å². The van der Waals surface area contributed by atoms with Gasteiger partial charge in [0, 0.05) is 48.8 Å². The molecule has 158 valence electrons. The SMILES string of the molecule is COCCOCc1cnc(C)nc1C1CCCN(C(=O)c2cc3ccccc3[nH]2)C1. The maximum absolute atomic E-state index is 13.2. The van der Waals surface area contributed by atoms with Crippen molar-refractivity contribution in [2.24, 2.45) is 0 Å². The summed E-state index contributed by atoms with van der Waals surface area (Å²) in [5.74, 6) is 0.957. The molecule has 0 bridgehead atoms. The third-order valence-electron chi connectivity index (χ3n) is 5.56. The summed E-state index contributed by atoms with van der Waals surface area (Å²) in [6.45, 7) is 4.84. The highest BCUT2D eigenvalue weighted by molar-refractivity contribution is 5.98. The summed E-state index contributed by atoms with van der Waals surface area (Å²) in [5.41, 5.74) is 3.60. The Kier molecular flexibility index (Phi) is 6.40. The molecule has 1 saturated heterocycles. The molecule has 1 aromatic carbocycles. The van der Waals surface area contributed by atoms with Gasteiger partial charge < -0.3 is 19.4 Å². The van der Waals surface area contributed by atoms with Gasteiger partial charge in [0.2, 0.25) is 0 Å². The highest BCUT2D eigenvalue weighted by atomic mass is 16.5. The predicted molar refractivity (Wildman–Crippen MR) is 114 cm³/mol. The number of nitrogens with one attached hydrogen (secondary N) is 1. The Morgan fingerprint density at radius 3 is 3.00 bits per heavy atom. The molecule has 1 aliphatic heterocycles. The molecular formula is C23H28N4O3. The van der Waals surface area contributed by atoms with Crippen molar-refractivity contribution in [2.75, 3.05) is 33.4 Å². The summed E-state index contributed by atoms with van der Waals surface area (Å²) in [6, 6.07) is 9.89. The lowest BCUT2D eigenvalue weighted by Crippen LogP contribution is -2.39. The molecule has 4 rings (SSSR count). The normalized spacial score (nSPS) is 16.9. The van der Waals surface area contributed by atoms with Crippen LogP contribution in [0.1, 0.15) is 46.3 Å². The van der Waals surface area contributed by atoms with Crippen LogP contribution in [0.15, 0.2) is 36.5 Å². The van der Waals surface area contributed by atoms with Gasteiger partial charge in [-0.2, -0.15) is 0 Å². The lowest BCUT2D eigenvalue weighted by atomic mass is 9.92. The van der Waals surface area contributed by atoms with Gasteiger partial charge in [0.15, 0.2) is 0 Å². The van der Waals surface area contributed by atoms with Crippen LogP contribution in [0.25, 0.3) is 10.9 Å². The molecule has 1 atom stereocenters. The minimum atomic E-state index is 0.0413. The number of amides is 1. The van der Waals surface area contributed by atoms with Crippen LogP contribution in [0.2, 0.25) is 0 Å². The Morgan fingerprint density at radius 2 is 2.17 bits per heavy atom. The summed E-state index contributed by atoms with van der Waals surface area (Å²) in [7, 11) is 1.66. The van der Waals surface area contributed by atoms with E-state index in [0.717, 1.165) is 47.4 Å². The number of rotatable bonds is 7. The minimum Gasteiger partial charge on any atom is -0.382 e. The second-order valence-corrected chi connectivity index (χ2v) is 7.73. The van der Waals surface area contributed by atoms with E-state index in [1.807, 2.05) is 48.4 Å². The summed E-state index contributed by atoms with van der Waals surface area (Å²) >= 11 is 0. The fraction of sp³-hybridized carbons (Fsp3) is 0.435. The average Bonchev–Trinajstić information content (AvgIpc) is 3.21. The van der Waals surface area contributed by atoms with Gasteiger partial charge in [-0.15, -0.1) is 0 Å². The zero-order valence-corrected chi connectivity index (χ0v) is 17.6. The van der Waals surface area contributed by atoms with Crippen LogP contribution in [0, 0.1) is 6.92 Å². The molecule has 7 heteroatoms. The van der Waals surface area contributed by atoms with E-state index < -0.39 is 0 Å². The molecule has 1 N–H and O–H groups in total. The number of aromatic nitrogens is 3. The van der Waals surface area contributed by atoms with Gasteiger partial charge in [-0.3, -0.25) is 4.79 Å². The lowest BCUT2D eigenvalue weighted by Gasteiger charge is -2.33. The van der Waals surface area contributed by atoms with E-state index in [9.17, 15) is 4.79 Å². The topological polar surface area (TPSA) is 80.3 Å². The van der Waals surface area contributed by atoms with Gasteiger partial charge in [-0.25, -0.2) is 9.97 Å². The third kappa shape index (κ3) is 4.52. The monoisotopic (exact) mass is 408 g/mol. The summed E-state index contributed by atoms with van der Waals surface area (Å²) < 4.78 is 10.8. The van der Waals surface area contributed by atoms with Gasteiger partial charge in [0.25, 0.3) is 5.91 Å². The van der Waals surface area contributed by atoms with E-state index in [2.05, 4.69) is 9.97 Å². The van der Waals surface area contributed by atoms with Crippen LogP contribution < -0.4 is 0 Å². The number of benzene rings is 1. The number of fused-ring (bicyclic) bond motifs is 1. The highest BCUT2D eigenvalue weighted by Crippen LogP contribution is 2.29. The van der Waals surface area contributed by atoms with Crippen LogP contribution in [-0.4, -0.2) is 59.2 Å². The molecular weight excluding hydrogens is 380 g/mol. The van der Waals surface area contributed by atoms with Crippen molar-refractivity contribution in [2.45, 2.75) is 32.3 Å². The molecule has 2 aromatic heterocycles. The number of hydrogen-bond acceptors (Lipinski definition) is 5. The molecule has 0 spiro atoms. The molecule has 1 fully saturated rings. The molecule has 0 radical (unpaired) electrons. The lowest BCUT2D eigenvalue weighted by molar-refractivity contribution is 0.0602. The number of likely N-dealkylation sites (tertiary alicyclic amines) is 1. The molecule has 1 aliphatic rings. The molecule has 3 heterocycles. The van der Waals surface area contributed by atoms with Crippen LogP contribution in [0.4, 0.5) is 0 Å².